The minimum atomic E-state index is -0.343. The van der Waals surface area contributed by atoms with Gasteiger partial charge in [0, 0.05) is 21.3 Å². The molecule has 4 nitrogen and oxygen atoms in total. The fourth-order valence-corrected chi connectivity index (χ4v) is 2.12. The number of halogens is 2. The van der Waals surface area contributed by atoms with Crippen LogP contribution < -0.4 is 5.73 Å². The normalized spacial score (nSPS) is 10.7. The second kappa shape index (κ2) is 5.05. The molecule has 0 aliphatic rings. The summed E-state index contributed by atoms with van der Waals surface area (Å²) in [5, 5.41) is 3.86. The van der Waals surface area contributed by atoms with Crippen LogP contribution in [0.2, 0.25) is 0 Å². The van der Waals surface area contributed by atoms with Gasteiger partial charge in [-0.1, -0.05) is 17.3 Å². The molecule has 0 aliphatic heterocycles. The third-order valence-corrected chi connectivity index (χ3v) is 3.44. The van der Waals surface area contributed by atoms with Crippen LogP contribution in [0, 0.1) is 5.82 Å². The summed E-state index contributed by atoms with van der Waals surface area (Å²) in [7, 11) is 0. The molecular formula is C14H9BrFN3O. The molecule has 0 amide bonds. The van der Waals surface area contributed by atoms with E-state index < -0.39 is 0 Å². The average molecular weight is 334 g/mol. The number of aromatic nitrogens is 2. The van der Waals surface area contributed by atoms with Crippen molar-refractivity contribution in [1.29, 1.82) is 0 Å². The highest BCUT2D eigenvalue weighted by Gasteiger charge is 2.12. The Labute approximate surface area is 122 Å². The molecule has 2 aromatic carbocycles. The van der Waals surface area contributed by atoms with Crippen LogP contribution >= 0.6 is 15.9 Å². The molecule has 1 aromatic heterocycles. The number of anilines is 1. The van der Waals surface area contributed by atoms with E-state index in [1.165, 1.54) is 12.1 Å². The van der Waals surface area contributed by atoms with E-state index in [2.05, 4.69) is 26.1 Å². The first kappa shape index (κ1) is 12.8. The van der Waals surface area contributed by atoms with E-state index >= 15 is 0 Å². The molecule has 0 unspecified atom stereocenters. The van der Waals surface area contributed by atoms with E-state index in [1.807, 2.05) is 0 Å². The van der Waals surface area contributed by atoms with Gasteiger partial charge in [-0.2, -0.15) is 4.98 Å². The van der Waals surface area contributed by atoms with Crippen molar-refractivity contribution in [2.24, 2.45) is 0 Å². The monoisotopic (exact) mass is 333 g/mol. The van der Waals surface area contributed by atoms with Crippen LogP contribution in [-0.2, 0) is 0 Å². The maximum atomic E-state index is 13.2. The first-order valence-electron chi connectivity index (χ1n) is 5.78. The number of nitrogens with zero attached hydrogens (tertiary/aromatic N) is 2. The molecule has 100 valence electrons. The number of hydrogen-bond donors (Lipinski definition) is 1. The predicted molar refractivity (Wildman–Crippen MR) is 77.2 cm³/mol. The molecule has 3 rings (SSSR count). The number of rotatable bonds is 2. The molecule has 1 heterocycles. The molecule has 3 aromatic rings. The van der Waals surface area contributed by atoms with E-state index in [1.54, 1.807) is 30.3 Å². The van der Waals surface area contributed by atoms with Gasteiger partial charge in [-0.05, 0) is 46.3 Å². The zero-order valence-electron chi connectivity index (χ0n) is 10.2. The van der Waals surface area contributed by atoms with Gasteiger partial charge in [0.05, 0.1) is 0 Å². The van der Waals surface area contributed by atoms with E-state index in [0.717, 1.165) is 10.0 Å². The van der Waals surface area contributed by atoms with Gasteiger partial charge in [-0.25, -0.2) is 4.39 Å². The lowest BCUT2D eigenvalue weighted by Gasteiger charge is -1.99. The van der Waals surface area contributed by atoms with Crippen molar-refractivity contribution in [2.75, 3.05) is 5.73 Å². The first-order valence-corrected chi connectivity index (χ1v) is 6.58. The van der Waals surface area contributed by atoms with Crippen LogP contribution in [0.1, 0.15) is 0 Å². The molecule has 0 aliphatic carbocycles. The summed E-state index contributed by atoms with van der Waals surface area (Å²) in [6, 6.07) is 11.3. The molecule has 0 radical (unpaired) electrons. The number of hydrogen-bond acceptors (Lipinski definition) is 4. The Hall–Kier alpha value is -2.21. The van der Waals surface area contributed by atoms with Crippen LogP contribution in [0.25, 0.3) is 22.8 Å². The lowest BCUT2D eigenvalue weighted by molar-refractivity contribution is 0.432. The molecule has 2 N–H and O–H groups in total. The Bertz CT molecular complexity index is 773. The molecule has 0 saturated heterocycles. The van der Waals surface area contributed by atoms with Crippen molar-refractivity contribution in [2.45, 2.75) is 0 Å². The maximum Gasteiger partial charge on any atom is 0.258 e. The summed E-state index contributed by atoms with van der Waals surface area (Å²) in [6.45, 7) is 0. The standard InChI is InChI=1S/C14H9BrFN3O/c15-11-7-9(4-5-12(11)17)14-18-13(19-20-14)8-2-1-3-10(16)6-8/h1-7H,17H2. The van der Waals surface area contributed by atoms with E-state index in [4.69, 9.17) is 10.3 Å². The van der Waals surface area contributed by atoms with Gasteiger partial charge < -0.3 is 10.3 Å². The van der Waals surface area contributed by atoms with Crippen molar-refractivity contribution in [3.05, 3.63) is 52.8 Å². The largest absolute Gasteiger partial charge is 0.398 e. The van der Waals surface area contributed by atoms with E-state index in [0.29, 0.717) is 23.0 Å². The first-order chi connectivity index (χ1) is 9.63. The number of benzene rings is 2. The van der Waals surface area contributed by atoms with Crippen LogP contribution in [0.3, 0.4) is 0 Å². The fourth-order valence-electron chi connectivity index (χ4n) is 1.75. The van der Waals surface area contributed by atoms with Crippen molar-refractivity contribution in [1.82, 2.24) is 10.1 Å². The van der Waals surface area contributed by atoms with Crippen molar-refractivity contribution >= 4 is 21.6 Å². The quantitative estimate of drug-likeness (QED) is 0.722. The van der Waals surface area contributed by atoms with Gasteiger partial charge in [0.15, 0.2) is 0 Å². The number of nitrogens with two attached hydrogens (primary N) is 1. The van der Waals surface area contributed by atoms with E-state index in [-0.39, 0.29) is 5.82 Å². The lowest BCUT2D eigenvalue weighted by atomic mass is 10.2. The van der Waals surface area contributed by atoms with Gasteiger partial charge in [-0.15, -0.1) is 0 Å². The number of nitrogen functional groups attached to an aromatic ring is 1. The highest BCUT2D eigenvalue weighted by atomic mass is 79.9. The molecule has 20 heavy (non-hydrogen) atoms. The predicted octanol–water partition coefficient (Wildman–Crippen LogP) is 3.89. The minimum absolute atomic E-state index is 0.340. The Morgan fingerprint density at radius 2 is 1.95 bits per heavy atom. The molecule has 0 spiro atoms. The molecular weight excluding hydrogens is 325 g/mol. The van der Waals surface area contributed by atoms with Crippen molar-refractivity contribution in [3.63, 3.8) is 0 Å². The van der Waals surface area contributed by atoms with Crippen LogP contribution in [-0.4, -0.2) is 10.1 Å². The zero-order valence-corrected chi connectivity index (χ0v) is 11.8. The Balaban J connectivity index is 1.99. The van der Waals surface area contributed by atoms with Gasteiger partial charge >= 0.3 is 0 Å². The SMILES string of the molecule is Nc1ccc(-c2nc(-c3cccc(F)c3)no2)cc1Br. The second-order valence-electron chi connectivity index (χ2n) is 4.17. The molecule has 6 heteroatoms. The van der Waals surface area contributed by atoms with Crippen LogP contribution in [0.5, 0.6) is 0 Å². The summed E-state index contributed by atoms with van der Waals surface area (Å²) < 4.78 is 19.1. The summed E-state index contributed by atoms with van der Waals surface area (Å²) in [5.74, 6) is 0.349. The summed E-state index contributed by atoms with van der Waals surface area (Å²) in [5.41, 5.74) is 7.65. The Morgan fingerprint density at radius 1 is 1.10 bits per heavy atom. The lowest BCUT2D eigenvalue weighted by Crippen LogP contribution is -1.87. The van der Waals surface area contributed by atoms with Gasteiger partial charge in [0.25, 0.3) is 5.89 Å². The highest BCUT2D eigenvalue weighted by Crippen LogP contribution is 2.27. The van der Waals surface area contributed by atoms with Gasteiger partial charge in [-0.3, -0.25) is 0 Å². The summed E-state index contributed by atoms with van der Waals surface area (Å²) in [4.78, 5) is 4.26. The minimum Gasteiger partial charge on any atom is -0.398 e. The Kier molecular flexibility index (Phi) is 3.23. The molecule has 0 atom stereocenters. The second-order valence-corrected chi connectivity index (χ2v) is 5.02. The summed E-state index contributed by atoms with van der Waals surface area (Å²) in [6.07, 6.45) is 0. The third kappa shape index (κ3) is 2.42. The molecule has 0 saturated carbocycles. The van der Waals surface area contributed by atoms with Crippen LogP contribution in [0.15, 0.2) is 51.5 Å². The Morgan fingerprint density at radius 3 is 2.70 bits per heavy atom. The molecule has 0 fully saturated rings. The average Bonchev–Trinajstić information content (AvgIpc) is 2.92. The molecule has 0 bridgehead atoms. The van der Waals surface area contributed by atoms with Gasteiger partial charge in [0.2, 0.25) is 5.82 Å². The highest BCUT2D eigenvalue weighted by molar-refractivity contribution is 9.10. The topological polar surface area (TPSA) is 64.9 Å². The smallest absolute Gasteiger partial charge is 0.258 e. The summed E-state index contributed by atoms with van der Waals surface area (Å²) >= 11 is 3.34. The zero-order chi connectivity index (χ0) is 14.1. The maximum absolute atomic E-state index is 13.2. The van der Waals surface area contributed by atoms with E-state index in [9.17, 15) is 4.39 Å². The van der Waals surface area contributed by atoms with Crippen molar-refractivity contribution < 1.29 is 8.91 Å². The van der Waals surface area contributed by atoms with Gasteiger partial charge in [0.1, 0.15) is 5.82 Å². The fraction of sp³-hybridized carbons (Fsp3) is 0. The van der Waals surface area contributed by atoms with Crippen molar-refractivity contribution in [3.8, 4) is 22.8 Å². The third-order valence-electron chi connectivity index (χ3n) is 2.76. The van der Waals surface area contributed by atoms with Crippen LogP contribution in [0.4, 0.5) is 10.1 Å².